The van der Waals surface area contributed by atoms with Crippen molar-refractivity contribution in [1.29, 1.82) is 0 Å². The van der Waals surface area contributed by atoms with Crippen LogP contribution >= 0.6 is 0 Å². The molecule has 0 aliphatic carbocycles. The summed E-state index contributed by atoms with van der Waals surface area (Å²) >= 11 is 0. The second kappa shape index (κ2) is 5.89. The maximum absolute atomic E-state index is 14.0. The third-order valence-electron chi connectivity index (χ3n) is 3.28. The first kappa shape index (κ1) is 13.6. The van der Waals surface area contributed by atoms with E-state index in [1.165, 1.54) is 6.07 Å². The van der Waals surface area contributed by atoms with E-state index in [9.17, 15) is 4.39 Å². The molecule has 102 valence electrons. The molecule has 0 saturated heterocycles. The van der Waals surface area contributed by atoms with Crippen LogP contribution in [0.25, 0.3) is 0 Å². The maximum Gasteiger partial charge on any atom is 0.130 e. The van der Waals surface area contributed by atoms with Crippen molar-refractivity contribution in [1.82, 2.24) is 5.32 Å². The molecule has 1 atom stereocenters. The van der Waals surface area contributed by atoms with Crippen LogP contribution in [0.2, 0.25) is 0 Å². The van der Waals surface area contributed by atoms with Crippen LogP contribution in [0.4, 0.5) is 10.1 Å². The lowest BCUT2D eigenvalue weighted by Crippen LogP contribution is -2.22. The molecule has 2 rings (SSSR count). The van der Waals surface area contributed by atoms with Gasteiger partial charge in [0.25, 0.3) is 0 Å². The van der Waals surface area contributed by atoms with E-state index in [0.29, 0.717) is 12.1 Å². The number of nitrogens with zero attached hydrogens (tertiary/aromatic N) is 1. The van der Waals surface area contributed by atoms with Gasteiger partial charge in [-0.2, -0.15) is 0 Å². The van der Waals surface area contributed by atoms with Crippen molar-refractivity contribution in [3.63, 3.8) is 0 Å². The van der Waals surface area contributed by atoms with Crippen molar-refractivity contribution in [2.24, 2.45) is 0 Å². The zero-order valence-corrected chi connectivity index (χ0v) is 11.5. The van der Waals surface area contributed by atoms with Gasteiger partial charge in [0.05, 0.1) is 12.8 Å². The molecule has 19 heavy (non-hydrogen) atoms. The van der Waals surface area contributed by atoms with Crippen LogP contribution in [0, 0.1) is 5.82 Å². The van der Waals surface area contributed by atoms with Gasteiger partial charge in [0, 0.05) is 24.3 Å². The van der Waals surface area contributed by atoms with Crippen LogP contribution in [0.5, 0.6) is 0 Å². The standard InChI is InChI=1S/C15H19FN2O/c1-11(17-2)15-13(16)7-4-8-14(15)18(3)10-12-6-5-9-19-12/h4-9,11,17H,10H2,1-3H3. The van der Waals surface area contributed by atoms with Crippen LogP contribution in [-0.2, 0) is 6.54 Å². The van der Waals surface area contributed by atoms with Crippen LogP contribution in [0.3, 0.4) is 0 Å². The van der Waals surface area contributed by atoms with E-state index in [-0.39, 0.29) is 11.9 Å². The van der Waals surface area contributed by atoms with E-state index in [0.717, 1.165) is 11.4 Å². The minimum Gasteiger partial charge on any atom is -0.467 e. The highest BCUT2D eigenvalue weighted by atomic mass is 19.1. The molecule has 1 aromatic carbocycles. The average molecular weight is 262 g/mol. The smallest absolute Gasteiger partial charge is 0.130 e. The monoisotopic (exact) mass is 262 g/mol. The average Bonchev–Trinajstić information content (AvgIpc) is 2.90. The maximum atomic E-state index is 14.0. The predicted octanol–water partition coefficient (Wildman–Crippen LogP) is 3.34. The van der Waals surface area contributed by atoms with Gasteiger partial charge < -0.3 is 14.6 Å². The molecule has 0 aliphatic heterocycles. The van der Waals surface area contributed by atoms with E-state index in [4.69, 9.17) is 4.42 Å². The number of hydrogen-bond donors (Lipinski definition) is 1. The molecule has 0 bridgehead atoms. The highest BCUT2D eigenvalue weighted by Crippen LogP contribution is 2.29. The Labute approximate surface area is 113 Å². The molecule has 4 heteroatoms. The van der Waals surface area contributed by atoms with E-state index in [1.54, 1.807) is 12.3 Å². The van der Waals surface area contributed by atoms with Gasteiger partial charge in [-0.25, -0.2) is 4.39 Å². The number of halogens is 1. The highest BCUT2D eigenvalue weighted by Gasteiger charge is 2.17. The van der Waals surface area contributed by atoms with Crippen LogP contribution in [0.1, 0.15) is 24.3 Å². The van der Waals surface area contributed by atoms with E-state index < -0.39 is 0 Å². The summed E-state index contributed by atoms with van der Waals surface area (Å²) < 4.78 is 19.4. The Kier molecular flexibility index (Phi) is 4.22. The fourth-order valence-corrected chi connectivity index (χ4v) is 2.15. The van der Waals surface area contributed by atoms with Crippen molar-refractivity contribution in [3.05, 3.63) is 53.7 Å². The summed E-state index contributed by atoms with van der Waals surface area (Å²) in [5.41, 5.74) is 1.55. The van der Waals surface area contributed by atoms with E-state index in [2.05, 4.69) is 5.32 Å². The topological polar surface area (TPSA) is 28.4 Å². The Morgan fingerprint density at radius 1 is 1.32 bits per heavy atom. The largest absolute Gasteiger partial charge is 0.467 e. The molecule has 0 amide bonds. The Bertz CT molecular complexity index is 525. The number of nitrogens with one attached hydrogen (secondary N) is 1. The number of benzene rings is 1. The fraction of sp³-hybridized carbons (Fsp3) is 0.333. The molecule has 0 aliphatic rings. The van der Waals surface area contributed by atoms with Gasteiger partial charge in [0.2, 0.25) is 0 Å². The highest BCUT2D eigenvalue weighted by molar-refractivity contribution is 5.55. The molecule has 3 nitrogen and oxygen atoms in total. The first-order chi connectivity index (χ1) is 9.13. The number of rotatable bonds is 5. The fourth-order valence-electron chi connectivity index (χ4n) is 2.15. The van der Waals surface area contributed by atoms with Crippen LogP contribution in [0.15, 0.2) is 41.0 Å². The second-order valence-electron chi connectivity index (χ2n) is 4.62. The molecule has 1 unspecified atom stereocenters. The van der Waals surface area contributed by atoms with Crippen molar-refractivity contribution in [2.75, 3.05) is 19.0 Å². The van der Waals surface area contributed by atoms with Crippen molar-refractivity contribution >= 4 is 5.69 Å². The predicted molar refractivity (Wildman–Crippen MR) is 74.7 cm³/mol. The first-order valence-corrected chi connectivity index (χ1v) is 6.32. The lowest BCUT2D eigenvalue weighted by Gasteiger charge is -2.24. The summed E-state index contributed by atoms with van der Waals surface area (Å²) in [5.74, 6) is 0.667. The summed E-state index contributed by atoms with van der Waals surface area (Å²) in [7, 11) is 3.76. The zero-order valence-electron chi connectivity index (χ0n) is 11.5. The second-order valence-corrected chi connectivity index (χ2v) is 4.62. The minimum atomic E-state index is -0.189. The quantitative estimate of drug-likeness (QED) is 0.896. The summed E-state index contributed by atoms with van der Waals surface area (Å²) in [6, 6.07) is 8.87. The van der Waals surface area contributed by atoms with Gasteiger partial charge in [-0.05, 0) is 38.2 Å². The molecule has 1 aromatic heterocycles. The van der Waals surface area contributed by atoms with E-state index >= 15 is 0 Å². The summed E-state index contributed by atoms with van der Waals surface area (Å²) in [6.45, 7) is 2.56. The van der Waals surface area contributed by atoms with Gasteiger partial charge >= 0.3 is 0 Å². The van der Waals surface area contributed by atoms with Crippen molar-refractivity contribution in [3.8, 4) is 0 Å². The molecule has 0 radical (unpaired) electrons. The Hall–Kier alpha value is -1.81. The molecular weight excluding hydrogens is 243 g/mol. The first-order valence-electron chi connectivity index (χ1n) is 6.32. The van der Waals surface area contributed by atoms with Crippen LogP contribution in [-0.4, -0.2) is 14.1 Å². The molecule has 1 heterocycles. The number of furan rings is 1. The third-order valence-corrected chi connectivity index (χ3v) is 3.28. The molecular formula is C15H19FN2O. The molecule has 0 saturated carbocycles. The molecule has 0 fully saturated rings. The summed E-state index contributed by atoms with van der Waals surface area (Å²) in [4.78, 5) is 1.99. The third kappa shape index (κ3) is 2.96. The van der Waals surface area contributed by atoms with Crippen LogP contribution < -0.4 is 10.2 Å². The van der Waals surface area contributed by atoms with Gasteiger partial charge in [-0.15, -0.1) is 0 Å². The van der Waals surface area contributed by atoms with Gasteiger partial charge in [0.15, 0.2) is 0 Å². The van der Waals surface area contributed by atoms with Gasteiger partial charge in [-0.1, -0.05) is 6.07 Å². The van der Waals surface area contributed by atoms with Crippen molar-refractivity contribution in [2.45, 2.75) is 19.5 Å². The summed E-state index contributed by atoms with van der Waals surface area (Å²) in [6.07, 6.45) is 1.64. The minimum absolute atomic E-state index is 0.0461. The van der Waals surface area contributed by atoms with E-state index in [1.807, 2.05) is 44.1 Å². The lowest BCUT2D eigenvalue weighted by molar-refractivity contribution is 0.505. The van der Waals surface area contributed by atoms with Crippen molar-refractivity contribution < 1.29 is 8.81 Å². The number of anilines is 1. The SMILES string of the molecule is CNC(C)c1c(F)cccc1N(C)Cc1ccco1. The molecule has 2 aromatic rings. The number of hydrogen-bond acceptors (Lipinski definition) is 3. The Balaban J connectivity index is 2.30. The Morgan fingerprint density at radius 2 is 2.11 bits per heavy atom. The zero-order chi connectivity index (χ0) is 13.8. The molecule has 0 spiro atoms. The lowest BCUT2D eigenvalue weighted by atomic mass is 10.0. The molecule has 1 N–H and O–H groups in total. The Morgan fingerprint density at radius 3 is 2.74 bits per heavy atom. The van der Waals surface area contributed by atoms with Gasteiger partial charge in [-0.3, -0.25) is 0 Å². The van der Waals surface area contributed by atoms with Gasteiger partial charge in [0.1, 0.15) is 11.6 Å². The normalized spacial score (nSPS) is 12.4. The summed E-state index contributed by atoms with van der Waals surface area (Å²) in [5, 5.41) is 3.09.